The highest BCUT2D eigenvalue weighted by atomic mass is 32.2. The Morgan fingerprint density at radius 2 is 1.71 bits per heavy atom. The summed E-state index contributed by atoms with van der Waals surface area (Å²) in [7, 11) is -3.22. The first kappa shape index (κ1) is 31.4. The molecule has 0 saturated carbocycles. The number of aliphatic hydroxyl groups excluding tert-OH is 2. The Morgan fingerprint density at radius 1 is 1.11 bits per heavy atom. The van der Waals surface area contributed by atoms with Gasteiger partial charge in [-0.1, -0.05) is 53.7 Å². The number of carboxylic acids is 1. The van der Waals surface area contributed by atoms with Gasteiger partial charge < -0.3 is 25.8 Å². The summed E-state index contributed by atoms with van der Waals surface area (Å²) < 4.78 is 28.7. The Kier molecular flexibility index (Phi) is 11.7. The maximum Gasteiger partial charge on any atom is 0.306 e. The number of benzene rings is 1. The molecule has 0 aromatic heterocycles. The molecular weight excluding hydrogens is 470 g/mol. The van der Waals surface area contributed by atoms with E-state index < -0.39 is 40.2 Å². The molecule has 202 valence electrons. The highest BCUT2D eigenvalue weighted by molar-refractivity contribution is 7.90. The van der Waals surface area contributed by atoms with Gasteiger partial charge in [-0.05, 0) is 53.7 Å². The summed E-state index contributed by atoms with van der Waals surface area (Å²) in [6.07, 6.45) is 0.230. The van der Waals surface area contributed by atoms with Gasteiger partial charge in [0.25, 0.3) is 0 Å². The number of rotatable bonds is 14. The summed E-state index contributed by atoms with van der Waals surface area (Å²) in [5.74, 6) is -0.901. The first-order valence-electron chi connectivity index (χ1n) is 12.2. The molecule has 0 radical (unpaired) electrons. The smallest absolute Gasteiger partial charge is 0.306 e. The second-order valence-corrected chi connectivity index (χ2v) is 13.5. The average Bonchev–Trinajstić information content (AvgIpc) is 2.70. The largest absolute Gasteiger partial charge is 0.481 e. The summed E-state index contributed by atoms with van der Waals surface area (Å²) in [5.41, 5.74) is 7.87. The lowest BCUT2D eigenvalue weighted by atomic mass is 9.81. The minimum absolute atomic E-state index is 0.0250. The monoisotopic (exact) mass is 515 g/mol. The molecule has 0 aliphatic rings. The summed E-state index contributed by atoms with van der Waals surface area (Å²) in [6, 6.07) is 5.31. The van der Waals surface area contributed by atoms with Crippen molar-refractivity contribution in [3.05, 3.63) is 29.3 Å². The molecule has 0 saturated heterocycles. The molecule has 5 atom stereocenters. The van der Waals surface area contributed by atoms with Crippen LogP contribution in [0.25, 0.3) is 0 Å². The molecule has 0 unspecified atom stereocenters. The third kappa shape index (κ3) is 11.3. The number of ether oxygens (including phenoxy) is 1. The Bertz CT molecular complexity index is 924. The number of carboxylic acid groups (broad SMARTS) is 1. The molecule has 0 fully saturated rings. The zero-order valence-electron chi connectivity index (χ0n) is 22.2. The third-order valence-corrected chi connectivity index (χ3v) is 7.36. The Hall–Kier alpha value is -1.68. The zero-order chi connectivity index (χ0) is 27.1. The van der Waals surface area contributed by atoms with Gasteiger partial charge in [0.1, 0.15) is 15.6 Å². The Morgan fingerprint density at radius 3 is 2.20 bits per heavy atom. The van der Waals surface area contributed by atoms with Crippen molar-refractivity contribution in [3.63, 3.8) is 0 Å². The molecular formula is C26H45NO7S. The second kappa shape index (κ2) is 13.0. The minimum Gasteiger partial charge on any atom is -0.481 e. The van der Waals surface area contributed by atoms with E-state index in [9.17, 15) is 23.4 Å². The molecule has 5 N–H and O–H groups in total. The molecule has 35 heavy (non-hydrogen) atoms. The van der Waals surface area contributed by atoms with Crippen molar-refractivity contribution in [1.82, 2.24) is 0 Å². The molecule has 0 spiro atoms. The SMILES string of the molecule is CC(C)[C@@H](Cc1ccc(C(C)(C)C)c(O[C@H](O)CCS(C)(=O)=O)c1)C[C@H](N)[C@@H](O)C[C@@H](C)C(=O)O. The van der Waals surface area contributed by atoms with E-state index in [0.29, 0.717) is 18.6 Å². The molecule has 0 amide bonds. The lowest BCUT2D eigenvalue weighted by molar-refractivity contribution is -0.142. The topological polar surface area (TPSA) is 147 Å². The van der Waals surface area contributed by atoms with Crippen molar-refractivity contribution in [2.24, 2.45) is 23.5 Å². The van der Waals surface area contributed by atoms with Gasteiger partial charge >= 0.3 is 5.97 Å². The summed E-state index contributed by atoms with van der Waals surface area (Å²) >= 11 is 0. The molecule has 0 aliphatic carbocycles. The van der Waals surface area contributed by atoms with Crippen molar-refractivity contribution in [2.75, 3.05) is 12.0 Å². The van der Waals surface area contributed by atoms with Crippen molar-refractivity contribution >= 4 is 15.8 Å². The summed E-state index contributed by atoms with van der Waals surface area (Å²) in [6.45, 7) is 11.8. The number of aliphatic carboxylic acids is 1. The molecule has 0 aliphatic heterocycles. The van der Waals surface area contributed by atoms with Gasteiger partial charge in [-0.2, -0.15) is 0 Å². The highest BCUT2D eigenvalue weighted by Crippen LogP contribution is 2.34. The van der Waals surface area contributed by atoms with Crippen LogP contribution < -0.4 is 10.5 Å². The van der Waals surface area contributed by atoms with Crippen molar-refractivity contribution < 1.29 is 33.3 Å². The predicted molar refractivity (Wildman–Crippen MR) is 138 cm³/mol. The number of carbonyl (C=O) groups is 1. The fourth-order valence-corrected chi connectivity index (χ4v) is 4.60. The van der Waals surface area contributed by atoms with Gasteiger partial charge in [0.15, 0.2) is 6.29 Å². The van der Waals surface area contributed by atoms with E-state index in [2.05, 4.69) is 13.8 Å². The molecule has 0 bridgehead atoms. The summed E-state index contributed by atoms with van der Waals surface area (Å²) in [5, 5.41) is 29.9. The zero-order valence-corrected chi connectivity index (χ0v) is 23.0. The van der Waals surface area contributed by atoms with E-state index >= 15 is 0 Å². The first-order valence-corrected chi connectivity index (χ1v) is 14.3. The van der Waals surface area contributed by atoms with E-state index in [1.54, 1.807) is 6.92 Å². The quantitative estimate of drug-likeness (QED) is 0.276. The number of sulfone groups is 1. The van der Waals surface area contributed by atoms with Gasteiger partial charge in [0.2, 0.25) is 0 Å². The standard InChI is InChI=1S/C26H45NO7S/c1-16(2)19(15-21(27)22(28)12-17(3)25(30)31)13-18-8-9-20(26(4,5)6)23(14-18)34-24(29)10-11-35(7,32)33/h8-9,14,16-17,19,21-22,24,28-29H,10-13,15,27H2,1-7H3,(H,30,31)/t17-,19+,21+,22+,24+/m1/s1. The number of aliphatic hydroxyl groups is 2. The number of hydrogen-bond donors (Lipinski definition) is 4. The maximum absolute atomic E-state index is 11.5. The van der Waals surface area contributed by atoms with Crippen LogP contribution in [0.4, 0.5) is 0 Å². The van der Waals surface area contributed by atoms with Crippen molar-refractivity contribution in [2.45, 2.75) is 91.1 Å². The fraction of sp³-hybridized carbons (Fsp3) is 0.731. The van der Waals surface area contributed by atoms with Crippen LogP contribution in [0.15, 0.2) is 18.2 Å². The van der Waals surface area contributed by atoms with Crippen LogP contribution >= 0.6 is 0 Å². The lowest BCUT2D eigenvalue weighted by Crippen LogP contribution is -2.39. The normalized spacial score (nSPS) is 17.0. The van der Waals surface area contributed by atoms with E-state index in [1.807, 2.05) is 39.0 Å². The van der Waals surface area contributed by atoms with Crippen molar-refractivity contribution in [3.8, 4) is 5.75 Å². The van der Waals surface area contributed by atoms with Crippen LogP contribution in [0.3, 0.4) is 0 Å². The third-order valence-electron chi connectivity index (χ3n) is 6.38. The van der Waals surface area contributed by atoms with Gasteiger partial charge in [-0.15, -0.1) is 0 Å². The lowest BCUT2D eigenvalue weighted by Gasteiger charge is -2.29. The van der Waals surface area contributed by atoms with Crippen LogP contribution in [0.2, 0.25) is 0 Å². The first-order chi connectivity index (χ1) is 15.9. The minimum atomic E-state index is -3.22. The Balaban J connectivity index is 3.06. The van der Waals surface area contributed by atoms with Crippen LogP contribution in [0.5, 0.6) is 5.75 Å². The van der Waals surface area contributed by atoms with E-state index in [4.69, 9.17) is 15.6 Å². The van der Waals surface area contributed by atoms with E-state index in [1.165, 1.54) is 0 Å². The highest BCUT2D eigenvalue weighted by Gasteiger charge is 2.27. The molecule has 1 aromatic carbocycles. The fourth-order valence-electron chi connectivity index (χ4n) is 3.97. The van der Waals surface area contributed by atoms with Gasteiger partial charge in [0.05, 0.1) is 17.8 Å². The summed E-state index contributed by atoms with van der Waals surface area (Å²) in [4.78, 5) is 11.1. The number of nitrogens with two attached hydrogens (primary N) is 1. The van der Waals surface area contributed by atoms with Crippen LogP contribution in [-0.2, 0) is 26.5 Å². The van der Waals surface area contributed by atoms with Crippen LogP contribution in [0.1, 0.15) is 71.9 Å². The van der Waals surface area contributed by atoms with Crippen LogP contribution in [0, 0.1) is 17.8 Å². The molecule has 1 aromatic rings. The number of hydrogen-bond acceptors (Lipinski definition) is 7. The van der Waals surface area contributed by atoms with E-state index in [-0.39, 0.29) is 35.8 Å². The van der Waals surface area contributed by atoms with Crippen LogP contribution in [-0.4, -0.2) is 60.2 Å². The molecule has 1 rings (SSSR count). The maximum atomic E-state index is 11.5. The Labute approximate surface area is 210 Å². The van der Waals surface area contributed by atoms with Gasteiger partial charge in [-0.3, -0.25) is 4.79 Å². The molecule has 9 heteroatoms. The molecule has 8 nitrogen and oxygen atoms in total. The van der Waals surface area contributed by atoms with Crippen molar-refractivity contribution in [1.29, 1.82) is 0 Å². The average molecular weight is 516 g/mol. The van der Waals surface area contributed by atoms with E-state index in [0.717, 1.165) is 17.4 Å². The second-order valence-electron chi connectivity index (χ2n) is 11.2. The van der Waals surface area contributed by atoms with Gasteiger partial charge in [-0.25, -0.2) is 8.42 Å². The van der Waals surface area contributed by atoms with Gasteiger partial charge in [0, 0.05) is 18.7 Å². The molecule has 0 heterocycles. The predicted octanol–water partition coefficient (Wildman–Crippen LogP) is 3.12.